The van der Waals surface area contributed by atoms with Crippen molar-refractivity contribution < 1.29 is 4.79 Å². The second kappa shape index (κ2) is 6.27. The molecule has 1 aliphatic rings. The number of hydrogen-bond donors (Lipinski definition) is 1. The molecule has 1 fully saturated rings. The number of carbonyl (C=O) groups excluding carboxylic acids is 1. The largest absolute Gasteiger partial charge is 0.324 e. The Kier molecular flexibility index (Phi) is 4.20. The first kappa shape index (κ1) is 14.1. The minimum atomic E-state index is 0.0938. The fourth-order valence-corrected chi connectivity index (χ4v) is 3.05. The molecular weight excluding hydrogens is 260 g/mol. The number of piperidine rings is 1. The van der Waals surface area contributed by atoms with Crippen molar-refractivity contribution in [3.05, 3.63) is 42.0 Å². The van der Waals surface area contributed by atoms with Crippen LogP contribution < -0.4 is 5.32 Å². The third-order valence-corrected chi connectivity index (χ3v) is 4.22. The molecule has 1 aliphatic heterocycles. The number of fused-ring (bicyclic) bond motifs is 1. The van der Waals surface area contributed by atoms with Crippen molar-refractivity contribution >= 4 is 22.4 Å². The van der Waals surface area contributed by atoms with Crippen LogP contribution in [0.3, 0.4) is 0 Å². The molecule has 0 saturated carbocycles. The number of likely N-dealkylation sites (tertiary alicyclic amines) is 1. The highest BCUT2D eigenvalue weighted by molar-refractivity contribution is 6.03. The van der Waals surface area contributed by atoms with Gasteiger partial charge in [0, 0.05) is 5.39 Å². The first-order valence-electron chi connectivity index (χ1n) is 7.74. The second-order valence-corrected chi connectivity index (χ2v) is 5.86. The van der Waals surface area contributed by atoms with Gasteiger partial charge in [-0.15, -0.1) is 0 Å². The summed E-state index contributed by atoms with van der Waals surface area (Å²) in [5.41, 5.74) is 2.07. The first-order valence-corrected chi connectivity index (χ1v) is 7.74. The Bertz CT molecular complexity index is 645. The van der Waals surface area contributed by atoms with Crippen molar-refractivity contribution in [2.75, 3.05) is 25.0 Å². The molecule has 1 N–H and O–H groups in total. The van der Waals surface area contributed by atoms with Crippen LogP contribution in [0, 0.1) is 6.92 Å². The predicted molar refractivity (Wildman–Crippen MR) is 87.6 cm³/mol. The number of nitrogens with one attached hydrogen (secondary N) is 1. The van der Waals surface area contributed by atoms with Gasteiger partial charge in [0.15, 0.2) is 0 Å². The topological polar surface area (TPSA) is 32.3 Å². The lowest BCUT2D eigenvalue weighted by molar-refractivity contribution is -0.117. The summed E-state index contributed by atoms with van der Waals surface area (Å²) in [7, 11) is 0. The van der Waals surface area contributed by atoms with E-state index in [-0.39, 0.29) is 5.91 Å². The van der Waals surface area contributed by atoms with Gasteiger partial charge in [-0.25, -0.2) is 0 Å². The lowest BCUT2D eigenvalue weighted by Gasteiger charge is -2.25. The molecule has 0 spiro atoms. The standard InChI is InChI=1S/C18H22N2O/c1-14-9-10-15-7-3-4-8-16(15)18(14)19-17(21)13-20-11-5-2-6-12-20/h3-4,7-10H,2,5-6,11-13H2,1H3,(H,19,21). The smallest absolute Gasteiger partial charge is 0.238 e. The number of benzene rings is 2. The van der Waals surface area contributed by atoms with Crippen molar-refractivity contribution in [2.45, 2.75) is 26.2 Å². The molecule has 110 valence electrons. The van der Waals surface area contributed by atoms with Gasteiger partial charge in [0.1, 0.15) is 0 Å². The van der Waals surface area contributed by atoms with Gasteiger partial charge in [-0.2, -0.15) is 0 Å². The highest BCUT2D eigenvalue weighted by atomic mass is 16.2. The lowest BCUT2D eigenvalue weighted by Crippen LogP contribution is -2.36. The predicted octanol–water partition coefficient (Wildman–Crippen LogP) is 3.57. The molecule has 2 aromatic carbocycles. The number of anilines is 1. The van der Waals surface area contributed by atoms with Gasteiger partial charge in [0.25, 0.3) is 0 Å². The Balaban J connectivity index is 1.77. The van der Waals surface area contributed by atoms with Crippen molar-refractivity contribution in [3.8, 4) is 0 Å². The van der Waals surface area contributed by atoms with E-state index in [9.17, 15) is 4.79 Å². The van der Waals surface area contributed by atoms with E-state index in [1.54, 1.807) is 0 Å². The Hall–Kier alpha value is -1.87. The van der Waals surface area contributed by atoms with Crippen LogP contribution in [0.2, 0.25) is 0 Å². The summed E-state index contributed by atoms with van der Waals surface area (Å²) in [5, 5.41) is 5.40. The van der Waals surface area contributed by atoms with Crippen LogP contribution in [-0.4, -0.2) is 30.4 Å². The van der Waals surface area contributed by atoms with Crippen molar-refractivity contribution in [1.29, 1.82) is 0 Å². The summed E-state index contributed by atoms with van der Waals surface area (Å²) in [4.78, 5) is 14.6. The lowest BCUT2D eigenvalue weighted by atomic mass is 10.0. The second-order valence-electron chi connectivity index (χ2n) is 5.86. The van der Waals surface area contributed by atoms with Crippen molar-refractivity contribution in [3.63, 3.8) is 0 Å². The summed E-state index contributed by atoms with van der Waals surface area (Å²) >= 11 is 0. The maximum absolute atomic E-state index is 12.3. The van der Waals surface area contributed by atoms with Gasteiger partial charge >= 0.3 is 0 Å². The van der Waals surface area contributed by atoms with Crippen LogP contribution in [0.1, 0.15) is 24.8 Å². The summed E-state index contributed by atoms with van der Waals surface area (Å²) in [5.74, 6) is 0.0938. The number of rotatable bonds is 3. The number of hydrogen-bond acceptors (Lipinski definition) is 2. The maximum atomic E-state index is 12.3. The molecule has 3 nitrogen and oxygen atoms in total. The monoisotopic (exact) mass is 282 g/mol. The van der Waals surface area contributed by atoms with E-state index in [2.05, 4.69) is 34.5 Å². The van der Waals surface area contributed by atoms with Gasteiger partial charge in [0.05, 0.1) is 12.2 Å². The number of amides is 1. The van der Waals surface area contributed by atoms with Crippen molar-refractivity contribution in [1.82, 2.24) is 4.90 Å². The average Bonchev–Trinajstić information content (AvgIpc) is 2.51. The molecule has 0 bridgehead atoms. The van der Waals surface area contributed by atoms with Gasteiger partial charge in [0.2, 0.25) is 5.91 Å². The molecule has 3 heteroatoms. The molecule has 21 heavy (non-hydrogen) atoms. The molecule has 3 rings (SSSR count). The molecule has 0 radical (unpaired) electrons. The highest BCUT2D eigenvalue weighted by Crippen LogP contribution is 2.27. The summed E-state index contributed by atoms with van der Waals surface area (Å²) < 4.78 is 0. The Morgan fingerprint density at radius 1 is 1.10 bits per heavy atom. The number of nitrogens with zero attached hydrogens (tertiary/aromatic N) is 1. The molecule has 1 amide bonds. The van der Waals surface area contributed by atoms with Crippen LogP contribution >= 0.6 is 0 Å². The summed E-state index contributed by atoms with van der Waals surface area (Å²) in [6.07, 6.45) is 3.71. The first-order chi connectivity index (χ1) is 10.2. The van der Waals surface area contributed by atoms with Gasteiger partial charge in [-0.3, -0.25) is 9.69 Å². The highest BCUT2D eigenvalue weighted by Gasteiger charge is 2.15. The van der Waals surface area contributed by atoms with Crippen molar-refractivity contribution in [2.24, 2.45) is 0 Å². The third-order valence-electron chi connectivity index (χ3n) is 4.22. The van der Waals surface area contributed by atoms with E-state index in [0.717, 1.165) is 35.1 Å². The minimum Gasteiger partial charge on any atom is -0.324 e. The van der Waals surface area contributed by atoms with E-state index in [1.807, 2.05) is 19.1 Å². The van der Waals surface area contributed by atoms with E-state index in [4.69, 9.17) is 0 Å². The fraction of sp³-hybridized carbons (Fsp3) is 0.389. The molecule has 0 unspecified atom stereocenters. The molecule has 1 saturated heterocycles. The van der Waals surface area contributed by atoms with Crippen LogP contribution in [0.4, 0.5) is 5.69 Å². The zero-order chi connectivity index (χ0) is 14.7. The molecular formula is C18H22N2O. The van der Waals surface area contributed by atoms with Gasteiger partial charge in [-0.05, 0) is 43.8 Å². The Morgan fingerprint density at radius 2 is 1.86 bits per heavy atom. The minimum absolute atomic E-state index is 0.0938. The maximum Gasteiger partial charge on any atom is 0.238 e. The van der Waals surface area contributed by atoms with Crippen LogP contribution in [0.15, 0.2) is 36.4 Å². The SMILES string of the molecule is Cc1ccc2ccccc2c1NC(=O)CN1CCCCC1. The van der Waals surface area contributed by atoms with E-state index in [0.29, 0.717) is 6.54 Å². The third kappa shape index (κ3) is 3.24. The van der Waals surface area contributed by atoms with E-state index in [1.165, 1.54) is 19.3 Å². The Morgan fingerprint density at radius 3 is 2.67 bits per heavy atom. The van der Waals surface area contributed by atoms with Crippen LogP contribution in [-0.2, 0) is 4.79 Å². The number of carbonyl (C=O) groups is 1. The van der Waals surface area contributed by atoms with Crippen LogP contribution in [0.25, 0.3) is 10.8 Å². The zero-order valence-corrected chi connectivity index (χ0v) is 12.6. The average molecular weight is 282 g/mol. The summed E-state index contributed by atoms with van der Waals surface area (Å²) in [6.45, 7) is 4.63. The van der Waals surface area contributed by atoms with Crippen LogP contribution in [0.5, 0.6) is 0 Å². The number of aryl methyl sites for hydroxylation is 1. The molecule has 0 atom stereocenters. The normalized spacial score (nSPS) is 16.0. The molecule has 1 heterocycles. The molecule has 0 aromatic heterocycles. The van der Waals surface area contributed by atoms with Gasteiger partial charge < -0.3 is 5.32 Å². The Labute approximate surface area is 125 Å². The summed E-state index contributed by atoms with van der Waals surface area (Å²) in [6, 6.07) is 12.4. The van der Waals surface area contributed by atoms with E-state index < -0.39 is 0 Å². The van der Waals surface area contributed by atoms with Gasteiger partial charge in [-0.1, -0.05) is 42.8 Å². The van der Waals surface area contributed by atoms with E-state index >= 15 is 0 Å². The molecule has 0 aliphatic carbocycles. The fourth-order valence-electron chi connectivity index (χ4n) is 3.05. The molecule has 2 aromatic rings. The zero-order valence-electron chi connectivity index (χ0n) is 12.6. The quantitative estimate of drug-likeness (QED) is 0.933.